The molecule has 0 fully saturated rings. The number of carbonyl (C=O) groups excluding carboxylic acids is 2. The van der Waals surface area contributed by atoms with Gasteiger partial charge in [0.25, 0.3) is 5.09 Å². The quantitative estimate of drug-likeness (QED) is 0.164. The summed E-state index contributed by atoms with van der Waals surface area (Å²) in [5.74, 6) is -3.10. The van der Waals surface area contributed by atoms with E-state index in [2.05, 4.69) is 4.84 Å². The maximum atomic E-state index is 13.6. The number of aryl methyl sites for hydroxylation is 1. The molecule has 0 saturated carbocycles. The summed E-state index contributed by atoms with van der Waals surface area (Å²) in [5.41, 5.74) is -2.74. The van der Waals surface area contributed by atoms with Crippen molar-refractivity contribution < 1.29 is 61.6 Å². The number of hydrogen-bond acceptors (Lipinski definition) is 7. The number of carbonyl (C=O) groups is 2. The summed E-state index contributed by atoms with van der Waals surface area (Å²) in [4.78, 5) is 36.8. The second-order valence-corrected chi connectivity index (χ2v) is 10.1. The topological polar surface area (TPSA) is 108 Å². The zero-order valence-electron chi connectivity index (χ0n) is 19.0. The van der Waals surface area contributed by atoms with E-state index in [4.69, 9.17) is 9.47 Å². The largest absolute Gasteiger partial charge is 0.475 e. The Bertz CT molecular complexity index is 1120. The van der Waals surface area contributed by atoms with E-state index in [0.717, 1.165) is 11.8 Å². The van der Waals surface area contributed by atoms with Gasteiger partial charge in [0.2, 0.25) is 12.0 Å². The van der Waals surface area contributed by atoms with E-state index in [1.165, 1.54) is 6.92 Å². The SMILES string of the molecule is CCc1cc(S(F)(F)(F)(F)F)cc2c1OC(C(F)(F)F)C(C(=O)OCCN(CCO[N+](=O)[O-])C(C)=O)=C2. The number of fused-ring (bicyclic) bond motifs is 1. The van der Waals surface area contributed by atoms with Crippen LogP contribution in [0.15, 0.2) is 22.6 Å². The van der Waals surface area contributed by atoms with Crippen LogP contribution in [0, 0.1) is 10.1 Å². The van der Waals surface area contributed by atoms with Crippen molar-refractivity contribution in [3.8, 4) is 5.75 Å². The molecule has 2 rings (SSSR count). The summed E-state index contributed by atoms with van der Waals surface area (Å²) >= 11 is 0. The van der Waals surface area contributed by atoms with Crippen LogP contribution in [0.1, 0.15) is 25.0 Å². The van der Waals surface area contributed by atoms with Crippen LogP contribution in [-0.2, 0) is 25.6 Å². The zero-order valence-corrected chi connectivity index (χ0v) is 19.8. The van der Waals surface area contributed by atoms with Gasteiger partial charge in [0, 0.05) is 19.0 Å². The van der Waals surface area contributed by atoms with Crippen LogP contribution in [0.3, 0.4) is 0 Å². The molecule has 1 heterocycles. The van der Waals surface area contributed by atoms with E-state index in [9.17, 15) is 52.3 Å². The number of rotatable bonds is 10. The van der Waals surface area contributed by atoms with E-state index < -0.39 is 93.0 Å². The van der Waals surface area contributed by atoms with E-state index in [0.29, 0.717) is 6.08 Å². The second kappa shape index (κ2) is 9.53. The number of amides is 1. The third-order valence-corrected chi connectivity index (χ3v) is 6.08. The molecule has 0 aliphatic carbocycles. The van der Waals surface area contributed by atoms with Gasteiger partial charge in [-0.05, 0) is 30.2 Å². The predicted octanol–water partition coefficient (Wildman–Crippen LogP) is 5.21. The molecule has 0 saturated heterocycles. The summed E-state index contributed by atoms with van der Waals surface area (Å²) in [6.07, 6.45) is -8.30. The van der Waals surface area contributed by atoms with Gasteiger partial charge in [0.05, 0.1) is 12.1 Å². The van der Waals surface area contributed by atoms with Crippen molar-refractivity contribution >= 4 is 28.2 Å². The van der Waals surface area contributed by atoms with E-state index in [1.54, 1.807) is 0 Å². The fourth-order valence-corrected chi connectivity index (χ4v) is 3.95. The molecule has 0 bridgehead atoms. The highest BCUT2D eigenvalue weighted by atomic mass is 32.5. The third-order valence-electron chi connectivity index (χ3n) is 4.95. The second-order valence-electron chi connectivity index (χ2n) is 7.66. The predicted molar refractivity (Wildman–Crippen MR) is 112 cm³/mol. The lowest BCUT2D eigenvalue weighted by atomic mass is 9.98. The molecule has 210 valence electrons. The summed E-state index contributed by atoms with van der Waals surface area (Å²) in [7, 11) is -10.2. The highest BCUT2D eigenvalue weighted by Gasteiger charge is 2.66. The first kappa shape index (κ1) is 29.9. The van der Waals surface area contributed by atoms with Crippen molar-refractivity contribution in [3.05, 3.63) is 38.9 Å². The smallest absolute Gasteiger partial charge is 0.430 e. The van der Waals surface area contributed by atoms with E-state index >= 15 is 0 Å². The molecule has 1 unspecified atom stereocenters. The molecule has 1 atom stereocenters. The maximum Gasteiger partial charge on any atom is 0.430 e. The Balaban J connectivity index is 2.37. The lowest BCUT2D eigenvalue weighted by Gasteiger charge is -2.41. The van der Waals surface area contributed by atoms with E-state index in [1.807, 2.05) is 0 Å². The lowest BCUT2D eigenvalue weighted by molar-refractivity contribution is -0.757. The first-order valence-electron chi connectivity index (χ1n) is 10.2. The lowest BCUT2D eigenvalue weighted by Crippen LogP contribution is -2.41. The minimum atomic E-state index is -10.2. The number of halogens is 8. The molecular weight excluding hydrogens is 552 g/mol. The molecule has 1 aromatic carbocycles. The molecule has 0 N–H and O–H groups in total. The minimum Gasteiger partial charge on any atom is -0.475 e. The van der Waals surface area contributed by atoms with Gasteiger partial charge >= 0.3 is 22.4 Å². The molecule has 1 aliphatic heterocycles. The first-order valence-corrected chi connectivity index (χ1v) is 12.1. The number of nitrogens with zero attached hydrogens (tertiary/aromatic N) is 2. The molecule has 18 heteroatoms. The Hall–Kier alpha value is -3.31. The van der Waals surface area contributed by atoms with Gasteiger partial charge in [-0.3, -0.25) is 4.79 Å². The van der Waals surface area contributed by atoms with Gasteiger partial charge in [0.1, 0.15) is 23.9 Å². The van der Waals surface area contributed by atoms with Gasteiger partial charge in [-0.15, -0.1) is 10.1 Å². The Morgan fingerprint density at radius 2 is 1.73 bits per heavy atom. The monoisotopic (exact) mass is 572 g/mol. The Labute approximate surface area is 203 Å². The molecule has 1 amide bonds. The van der Waals surface area contributed by atoms with Crippen LogP contribution in [0.4, 0.5) is 32.6 Å². The molecule has 0 radical (unpaired) electrons. The van der Waals surface area contributed by atoms with Crippen molar-refractivity contribution in [2.75, 3.05) is 26.3 Å². The number of ether oxygens (including phenoxy) is 2. The molecule has 1 aliphatic rings. The standard InChI is InChI=1S/C19H20F8N2O7S/c1-3-12-8-14(37(23,24,25,26)27)9-13-10-15(17(19(20,21)22)36-16(12)13)18(31)34-6-4-28(11(2)30)5-7-35-29(32)33/h8-10,17H,3-7H2,1-2H3. The molecule has 0 spiro atoms. The Morgan fingerprint density at radius 3 is 2.22 bits per heavy atom. The molecule has 9 nitrogen and oxygen atoms in total. The highest BCUT2D eigenvalue weighted by molar-refractivity contribution is 8.45. The fraction of sp³-hybridized carbons (Fsp3) is 0.474. The van der Waals surface area contributed by atoms with Crippen LogP contribution in [0.2, 0.25) is 0 Å². The Morgan fingerprint density at radius 1 is 1.14 bits per heavy atom. The summed E-state index contributed by atoms with van der Waals surface area (Å²) in [6, 6.07) is -0.104. The van der Waals surface area contributed by atoms with Crippen molar-refractivity contribution in [1.82, 2.24) is 4.90 Å². The van der Waals surface area contributed by atoms with Gasteiger partial charge in [-0.25, -0.2) is 4.79 Å². The van der Waals surface area contributed by atoms with Gasteiger partial charge < -0.3 is 19.2 Å². The number of alkyl halides is 3. The third kappa shape index (κ3) is 7.83. The van der Waals surface area contributed by atoms with Gasteiger partial charge in [-0.1, -0.05) is 26.4 Å². The van der Waals surface area contributed by atoms with Crippen molar-refractivity contribution in [2.45, 2.75) is 37.4 Å². The summed E-state index contributed by atoms with van der Waals surface area (Å²) in [5, 5.41) is 9.05. The average Bonchev–Trinajstić information content (AvgIpc) is 2.73. The average molecular weight is 572 g/mol. The van der Waals surface area contributed by atoms with Gasteiger partial charge in [-0.2, -0.15) is 13.2 Å². The zero-order chi connectivity index (χ0) is 28.5. The number of hydrogen-bond donors (Lipinski definition) is 0. The van der Waals surface area contributed by atoms with Crippen molar-refractivity contribution in [3.63, 3.8) is 0 Å². The summed E-state index contributed by atoms with van der Waals surface area (Å²) in [6.45, 7) is 0.205. The van der Waals surface area contributed by atoms with Crippen LogP contribution in [-0.4, -0.2) is 60.4 Å². The molecule has 37 heavy (non-hydrogen) atoms. The van der Waals surface area contributed by atoms with Crippen LogP contribution < -0.4 is 4.74 Å². The van der Waals surface area contributed by atoms with Crippen LogP contribution in [0.25, 0.3) is 6.08 Å². The fourth-order valence-electron chi connectivity index (χ4n) is 3.24. The highest BCUT2D eigenvalue weighted by Crippen LogP contribution is 3.02. The Kier molecular flexibility index (Phi) is 7.71. The maximum absolute atomic E-state index is 13.6. The first-order chi connectivity index (χ1) is 16.6. The normalized spacial score (nSPS) is 17.4. The van der Waals surface area contributed by atoms with Gasteiger partial charge in [0.15, 0.2) is 0 Å². The van der Waals surface area contributed by atoms with E-state index in [-0.39, 0.29) is 18.7 Å². The number of benzene rings is 1. The van der Waals surface area contributed by atoms with Crippen LogP contribution in [0.5, 0.6) is 5.75 Å². The molecular formula is C19H20F8N2O7S. The van der Waals surface area contributed by atoms with Crippen molar-refractivity contribution in [1.29, 1.82) is 0 Å². The van der Waals surface area contributed by atoms with Crippen LogP contribution >= 0.6 is 10.2 Å². The van der Waals surface area contributed by atoms with Crippen molar-refractivity contribution in [2.24, 2.45) is 0 Å². The number of esters is 1. The minimum absolute atomic E-state index is 0.00393. The molecule has 0 aromatic heterocycles. The molecule has 1 aromatic rings. The summed E-state index contributed by atoms with van der Waals surface area (Å²) < 4.78 is 117.